The van der Waals surface area contributed by atoms with E-state index in [0.717, 1.165) is 50.7 Å². The van der Waals surface area contributed by atoms with E-state index in [9.17, 15) is 0 Å². The van der Waals surface area contributed by atoms with Gasteiger partial charge in [0.15, 0.2) is 11.5 Å². The zero-order chi connectivity index (χ0) is 14.8. The number of fused-ring (bicyclic) bond motifs is 1. The van der Waals surface area contributed by atoms with E-state index in [2.05, 4.69) is 35.5 Å². The molecule has 0 radical (unpaired) electrons. The van der Waals surface area contributed by atoms with Crippen LogP contribution in [0.1, 0.15) is 12.8 Å². The van der Waals surface area contributed by atoms with Gasteiger partial charge in [-0.05, 0) is 12.8 Å². The topological polar surface area (TPSA) is 91.0 Å². The van der Waals surface area contributed by atoms with Crippen molar-refractivity contribution in [1.29, 1.82) is 0 Å². The number of imidazole rings is 1. The van der Waals surface area contributed by atoms with E-state index in [1.807, 2.05) is 0 Å². The van der Waals surface area contributed by atoms with Gasteiger partial charge in [0, 0.05) is 32.2 Å². The number of hydrogen-bond donors (Lipinski definition) is 3. The van der Waals surface area contributed by atoms with Gasteiger partial charge in [0.05, 0.1) is 19.5 Å². The molecule has 4 rings (SSSR count). The molecule has 2 aliphatic rings. The normalized spacial score (nSPS) is 19.5. The Hall–Kier alpha value is -1.93. The number of aromatic nitrogens is 4. The Morgan fingerprint density at radius 2 is 2.14 bits per heavy atom. The van der Waals surface area contributed by atoms with Gasteiger partial charge in [-0.3, -0.25) is 4.90 Å². The van der Waals surface area contributed by atoms with Crippen LogP contribution in [-0.4, -0.2) is 70.3 Å². The number of morpholine rings is 1. The highest BCUT2D eigenvalue weighted by Crippen LogP contribution is 2.27. The summed E-state index contributed by atoms with van der Waals surface area (Å²) in [5.41, 5.74) is 1.58. The van der Waals surface area contributed by atoms with Gasteiger partial charge in [-0.2, -0.15) is 9.97 Å². The third-order valence-corrected chi connectivity index (χ3v) is 4.02. The van der Waals surface area contributed by atoms with E-state index in [0.29, 0.717) is 17.6 Å². The quantitative estimate of drug-likeness (QED) is 0.722. The van der Waals surface area contributed by atoms with Gasteiger partial charge in [0.1, 0.15) is 5.52 Å². The lowest BCUT2D eigenvalue weighted by Crippen LogP contribution is -2.39. The number of aromatic amines is 1. The Kier molecular flexibility index (Phi) is 3.77. The molecule has 0 spiro atoms. The molecule has 0 unspecified atom stereocenters. The molecule has 2 aromatic heterocycles. The van der Waals surface area contributed by atoms with Crippen molar-refractivity contribution in [2.24, 2.45) is 0 Å². The van der Waals surface area contributed by atoms with Crippen molar-refractivity contribution in [1.82, 2.24) is 24.8 Å². The van der Waals surface area contributed by atoms with Crippen LogP contribution in [-0.2, 0) is 4.74 Å². The maximum atomic E-state index is 5.36. The molecule has 0 atom stereocenters. The first-order valence-corrected chi connectivity index (χ1v) is 7.90. The third kappa shape index (κ3) is 3.12. The maximum absolute atomic E-state index is 5.36. The van der Waals surface area contributed by atoms with Crippen LogP contribution in [0.5, 0.6) is 0 Å². The van der Waals surface area contributed by atoms with E-state index < -0.39 is 0 Å². The molecule has 2 aromatic rings. The molecule has 3 N–H and O–H groups in total. The second kappa shape index (κ2) is 6.05. The highest BCUT2D eigenvalue weighted by Gasteiger charge is 2.23. The summed E-state index contributed by atoms with van der Waals surface area (Å²) in [5, 5.41) is 6.75. The molecule has 0 amide bonds. The van der Waals surface area contributed by atoms with Crippen molar-refractivity contribution in [2.45, 2.75) is 18.9 Å². The molecule has 3 heterocycles. The molecule has 8 nitrogen and oxygen atoms in total. The maximum Gasteiger partial charge on any atom is 0.226 e. The van der Waals surface area contributed by atoms with Crippen LogP contribution in [0.4, 0.5) is 11.8 Å². The number of hydrogen-bond acceptors (Lipinski definition) is 7. The highest BCUT2D eigenvalue weighted by molar-refractivity contribution is 5.83. The Morgan fingerprint density at radius 1 is 1.27 bits per heavy atom. The Balaban J connectivity index is 1.41. The van der Waals surface area contributed by atoms with E-state index in [1.165, 1.54) is 12.8 Å². The largest absolute Gasteiger partial charge is 0.379 e. The van der Waals surface area contributed by atoms with Crippen molar-refractivity contribution in [3.63, 3.8) is 0 Å². The smallest absolute Gasteiger partial charge is 0.226 e. The summed E-state index contributed by atoms with van der Waals surface area (Å²) in [4.78, 5) is 18.8. The molecule has 1 aliphatic heterocycles. The summed E-state index contributed by atoms with van der Waals surface area (Å²) in [6.45, 7) is 5.43. The van der Waals surface area contributed by atoms with Gasteiger partial charge in [0.2, 0.25) is 5.95 Å². The van der Waals surface area contributed by atoms with Crippen LogP contribution < -0.4 is 10.6 Å². The lowest BCUT2D eigenvalue weighted by molar-refractivity contribution is 0.0398. The molecule has 1 saturated heterocycles. The molecule has 1 saturated carbocycles. The van der Waals surface area contributed by atoms with Crippen molar-refractivity contribution < 1.29 is 4.74 Å². The standard InChI is InChI=1S/C14H21N7O/c1-2-10(1)18-13-11-12(17-9-16-11)19-14(20-13)15-3-4-21-5-7-22-8-6-21/h9-10H,1-8H2,(H3,15,16,17,18,19,20). The predicted octanol–water partition coefficient (Wildman–Crippen LogP) is 0.671. The highest BCUT2D eigenvalue weighted by atomic mass is 16.5. The van der Waals surface area contributed by atoms with Crippen molar-refractivity contribution in [2.75, 3.05) is 50.0 Å². The first-order chi connectivity index (χ1) is 10.9. The van der Waals surface area contributed by atoms with E-state index in [-0.39, 0.29) is 0 Å². The molecule has 8 heteroatoms. The summed E-state index contributed by atoms with van der Waals surface area (Å²) in [6, 6.07) is 0.544. The lowest BCUT2D eigenvalue weighted by Gasteiger charge is -2.26. The third-order valence-electron chi connectivity index (χ3n) is 4.02. The zero-order valence-corrected chi connectivity index (χ0v) is 12.5. The molecular formula is C14H21N7O. The number of nitrogens with zero attached hydrogens (tertiary/aromatic N) is 4. The second-order valence-corrected chi connectivity index (χ2v) is 5.80. The lowest BCUT2D eigenvalue weighted by atomic mass is 10.4. The molecule has 22 heavy (non-hydrogen) atoms. The van der Waals surface area contributed by atoms with Gasteiger partial charge in [-0.25, -0.2) is 4.98 Å². The first-order valence-electron chi connectivity index (χ1n) is 7.90. The average molecular weight is 303 g/mol. The molecule has 2 fully saturated rings. The number of ether oxygens (including phenoxy) is 1. The van der Waals surface area contributed by atoms with E-state index >= 15 is 0 Å². The average Bonchev–Trinajstić information content (AvgIpc) is 3.22. The first kappa shape index (κ1) is 13.7. The molecule has 0 aromatic carbocycles. The van der Waals surface area contributed by atoms with Gasteiger partial charge < -0.3 is 20.4 Å². The fourth-order valence-electron chi connectivity index (χ4n) is 2.59. The number of nitrogens with one attached hydrogen (secondary N) is 3. The minimum absolute atomic E-state index is 0.544. The van der Waals surface area contributed by atoms with Gasteiger partial charge in [0.25, 0.3) is 0 Å². The number of H-pyrrole nitrogens is 1. The van der Waals surface area contributed by atoms with Crippen molar-refractivity contribution >= 4 is 22.9 Å². The molecule has 118 valence electrons. The van der Waals surface area contributed by atoms with Crippen LogP contribution in [0.15, 0.2) is 6.33 Å². The molecular weight excluding hydrogens is 282 g/mol. The van der Waals surface area contributed by atoms with Crippen LogP contribution in [0.25, 0.3) is 11.2 Å². The fourth-order valence-corrected chi connectivity index (χ4v) is 2.59. The SMILES string of the molecule is c1nc2nc(NCCN3CCOCC3)nc(NC3CC3)c2[nH]1. The van der Waals surface area contributed by atoms with Crippen LogP contribution >= 0.6 is 0 Å². The summed E-state index contributed by atoms with van der Waals surface area (Å²) < 4.78 is 5.36. The Morgan fingerprint density at radius 3 is 2.95 bits per heavy atom. The summed E-state index contributed by atoms with van der Waals surface area (Å²) in [7, 11) is 0. The van der Waals surface area contributed by atoms with Crippen LogP contribution in [0.3, 0.4) is 0 Å². The zero-order valence-electron chi connectivity index (χ0n) is 12.5. The van der Waals surface area contributed by atoms with E-state index in [4.69, 9.17) is 4.74 Å². The van der Waals surface area contributed by atoms with Gasteiger partial charge in [-0.15, -0.1) is 0 Å². The van der Waals surface area contributed by atoms with Gasteiger partial charge >= 0.3 is 0 Å². The summed E-state index contributed by atoms with van der Waals surface area (Å²) >= 11 is 0. The number of rotatable bonds is 6. The Bertz CT molecular complexity index is 633. The fraction of sp³-hybridized carbons (Fsp3) is 0.643. The van der Waals surface area contributed by atoms with Crippen LogP contribution in [0.2, 0.25) is 0 Å². The summed E-state index contributed by atoms with van der Waals surface area (Å²) in [5.74, 6) is 1.48. The summed E-state index contributed by atoms with van der Waals surface area (Å²) in [6.07, 6.45) is 4.08. The minimum Gasteiger partial charge on any atom is -0.379 e. The number of anilines is 2. The monoisotopic (exact) mass is 303 g/mol. The predicted molar refractivity (Wildman–Crippen MR) is 84.1 cm³/mol. The Labute approximate surface area is 128 Å². The molecule has 1 aliphatic carbocycles. The van der Waals surface area contributed by atoms with Crippen molar-refractivity contribution in [3.05, 3.63) is 6.33 Å². The molecule has 0 bridgehead atoms. The van der Waals surface area contributed by atoms with Gasteiger partial charge in [-0.1, -0.05) is 0 Å². The minimum atomic E-state index is 0.544. The van der Waals surface area contributed by atoms with Crippen LogP contribution in [0, 0.1) is 0 Å². The van der Waals surface area contributed by atoms with Crippen molar-refractivity contribution in [3.8, 4) is 0 Å². The van der Waals surface area contributed by atoms with E-state index in [1.54, 1.807) is 6.33 Å². The second-order valence-electron chi connectivity index (χ2n) is 5.80.